The van der Waals surface area contributed by atoms with Crippen LogP contribution in [0.3, 0.4) is 0 Å². The fourth-order valence-corrected chi connectivity index (χ4v) is 3.91. The summed E-state index contributed by atoms with van der Waals surface area (Å²) in [6.45, 7) is 0. The number of fused-ring (bicyclic) bond motifs is 1. The maximum Gasteiger partial charge on any atom is 0.345 e. The number of thiazole rings is 1. The smallest absolute Gasteiger partial charge is 0.345 e. The largest absolute Gasteiger partial charge is 0.422 e. The number of nitrogens with one attached hydrogen (secondary N) is 1. The van der Waals surface area contributed by atoms with Gasteiger partial charge in [-0.05, 0) is 25.0 Å². The van der Waals surface area contributed by atoms with Gasteiger partial charge in [0.2, 0.25) is 0 Å². The molecule has 4 rings (SSSR count). The number of nitrogens with zero attached hydrogens (tertiary/aromatic N) is 1. The Labute approximate surface area is 138 Å². The highest BCUT2D eigenvalue weighted by Crippen LogP contribution is 2.28. The van der Waals surface area contributed by atoms with Gasteiger partial charge in [0, 0.05) is 16.8 Å². The number of para-hydroxylation sites is 1. The molecule has 118 valence electrons. The highest BCUT2D eigenvalue weighted by atomic mass is 32.1. The predicted molar refractivity (Wildman–Crippen MR) is 94.1 cm³/mol. The highest BCUT2D eigenvalue weighted by molar-refractivity contribution is 7.14. The van der Waals surface area contributed by atoms with Crippen LogP contribution in [0.5, 0.6) is 0 Å². The van der Waals surface area contributed by atoms with E-state index in [-0.39, 0.29) is 5.63 Å². The fourth-order valence-electron chi connectivity index (χ4n) is 3.13. The number of rotatable bonds is 3. The van der Waals surface area contributed by atoms with Crippen molar-refractivity contribution in [1.29, 1.82) is 0 Å². The lowest BCUT2D eigenvalue weighted by molar-refractivity contribution is 0.462. The van der Waals surface area contributed by atoms with Crippen molar-refractivity contribution in [2.75, 3.05) is 5.32 Å². The number of hydrogen-bond donors (Lipinski definition) is 1. The summed E-state index contributed by atoms with van der Waals surface area (Å²) in [4.78, 5) is 16.8. The lowest BCUT2D eigenvalue weighted by Gasteiger charge is -2.22. The SMILES string of the molecule is O=c1oc2ccccc2cc1-c1csc(NC2CCCCC2)n1. The van der Waals surface area contributed by atoms with E-state index < -0.39 is 0 Å². The maximum absolute atomic E-state index is 12.2. The minimum atomic E-state index is -0.335. The molecule has 0 radical (unpaired) electrons. The highest BCUT2D eigenvalue weighted by Gasteiger charge is 2.16. The first-order valence-electron chi connectivity index (χ1n) is 8.05. The first kappa shape index (κ1) is 14.5. The van der Waals surface area contributed by atoms with Crippen LogP contribution in [0.1, 0.15) is 32.1 Å². The second-order valence-corrected chi connectivity index (χ2v) is 6.86. The molecule has 0 spiro atoms. The van der Waals surface area contributed by atoms with Crippen LogP contribution in [-0.2, 0) is 0 Å². The zero-order valence-corrected chi connectivity index (χ0v) is 13.6. The summed E-state index contributed by atoms with van der Waals surface area (Å²) in [7, 11) is 0. The quantitative estimate of drug-likeness (QED) is 0.711. The monoisotopic (exact) mass is 326 g/mol. The van der Waals surface area contributed by atoms with Crippen molar-refractivity contribution in [3.63, 3.8) is 0 Å². The van der Waals surface area contributed by atoms with Gasteiger partial charge >= 0.3 is 5.63 Å². The molecule has 1 fully saturated rings. The van der Waals surface area contributed by atoms with Crippen molar-refractivity contribution >= 4 is 27.4 Å². The van der Waals surface area contributed by atoms with Crippen LogP contribution < -0.4 is 10.9 Å². The van der Waals surface area contributed by atoms with Crippen LogP contribution in [0, 0.1) is 0 Å². The first-order chi connectivity index (χ1) is 11.3. The van der Waals surface area contributed by atoms with Crippen molar-refractivity contribution in [2.24, 2.45) is 0 Å². The molecule has 1 saturated carbocycles. The minimum Gasteiger partial charge on any atom is -0.422 e. The van der Waals surface area contributed by atoms with Gasteiger partial charge in [-0.3, -0.25) is 0 Å². The zero-order valence-electron chi connectivity index (χ0n) is 12.7. The molecule has 0 amide bonds. The van der Waals surface area contributed by atoms with Crippen LogP contribution in [0.4, 0.5) is 5.13 Å². The van der Waals surface area contributed by atoms with Crippen LogP contribution in [-0.4, -0.2) is 11.0 Å². The molecule has 1 aromatic carbocycles. The third kappa shape index (κ3) is 3.01. The molecule has 2 heterocycles. The Morgan fingerprint density at radius 2 is 2.00 bits per heavy atom. The van der Waals surface area contributed by atoms with E-state index in [1.807, 2.05) is 29.6 Å². The van der Waals surface area contributed by atoms with Gasteiger partial charge < -0.3 is 9.73 Å². The molecule has 1 aliphatic rings. The molecular formula is C18H18N2O2S. The van der Waals surface area contributed by atoms with Crippen LogP contribution in [0.25, 0.3) is 22.2 Å². The van der Waals surface area contributed by atoms with E-state index in [1.54, 1.807) is 17.4 Å². The molecular weight excluding hydrogens is 308 g/mol. The summed E-state index contributed by atoms with van der Waals surface area (Å²) in [6, 6.07) is 9.91. The van der Waals surface area contributed by atoms with Gasteiger partial charge in [-0.25, -0.2) is 9.78 Å². The second kappa shape index (κ2) is 6.16. The number of hydrogen-bond acceptors (Lipinski definition) is 5. The van der Waals surface area contributed by atoms with Crippen molar-refractivity contribution in [2.45, 2.75) is 38.1 Å². The summed E-state index contributed by atoms with van der Waals surface area (Å²) in [5.74, 6) is 0. The normalized spacial score (nSPS) is 15.8. The van der Waals surface area contributed by atoms with Crippen molar-refractivity contribution in [3.8, 4) is 11.3 Å². The number of aromatic nitrogens is 1. The molecule has 4 nitrogen and oxygen atoms in total. The molecule has 0 saturated heterocycles. The molecule has 0 bridgehead atoms. The molecule has 2 aromatic heterocycles. The zero-order chi connectivity index (χ0) is 15.6. The van der Waals surface area contributed by atoms with E-state index in [2.05, 4.69) is 10.3 Å². The third-order valence-corrected chi connectivity index (χ3v) is 5.13. The summed E-state index contributed by atoms with van der Waals surface area (Å²) in [5, 5.41) is 7.23. The van der Waals surface area contributed by atoms with Gasteiger partial charge in [0.05, 0.1) is 11.3 Å². The third-order valence-electron chi connectivity index (χ3n) is 4.35. The van der Waals surface area contributed by atoms with Crippen LogP contribution in [0.15, 0.2) is 44.9 Å². The van der Waals surface area contributed by atoms with Crippen LogP contribution in [0.2, 0.25) is 0 Å². The summed E-state index contributed by atoms with van der Waals surface area (Å²) < 4.78 is 5.40. The van der Waals surface area contributed by atoms with E-state index in [0.29, 0.717) is 22.9 Å². The van der Waals surface area contributed by atoms with Gasteiger partial charge in [-0.1, -0.05) is 37.5 Å². The summed E-state index contributed by atoms with van der Waals surface area (Å²) in [6.07, 6.45) is 6.30. The van der Waals surface area contributed by atoms with Crippen molar-refractivity contribution in [1.82, 2.24) is 4.98 Å². The van der Waals surface area contributed by atoms with Gasteiger partial charge in [-0.15, -0.1) is 11.3 Å². The first-order valence-corrected chi connectivity index (χ1v) is 8.93. The Morgan fingerprint density at radius 1 is 1.17 bits per heavy atom. The van der Waals surface area contributed by atoms with Gasteiger partial charge in [0.1, 0.15) is 5.58 Å². The van der Waals surface area contributed by atoms with E-state index in [1.165, 1.54) is 32.1 Å². The standard InChI is InChI=1S/C18H18N2O2S/c21-17-14(10-12-6-4-5-9-16(12)22-17)15-11-23-18(20-15)19-13-7-2-1-3-8-13/h4-6,9-11,13H,1-3,7-8H2,(H,19,20). The Morgan fingerprint density at radius 3 is 2.87 bits per heavy atom. The van der Waals surface area contributed by atoms with Crippen molar-refractivity contribution in [3.05, 3.63) is 46.1 Å². The molecule has 0 atom stereocenters. The Bertz CT molecular complexity index is 878. The Hall–Kier alpha value is -2.14. The number of benzene rings is 1. The number of anilines is 1. The summed E-state index contributed by atoms with van der Waals surface area (Å²) in [5.41, 5.74) is 1.49. The topological polar surface area (TPSA) is 55.1 Å². The Kier molecular flexibility index (Phi) is 3.87. The fraction of sp³-hybridized carbons (Fsp3) is 0.333. The van der Waals surface area contributed by atoms with E-state index in [4.69, 9.17) is 4.42 Å². The second-order valence-electron chi connectivity index (χ2n) is 6.00. The molecule has 23 heavy (non-hydrogen) atoms. The molecule has 1 aliphatic carbocycles. The predicted octanol–water partition coefficient (Wildman–Crippen LogP) is 4.66. The van der Waals surface area contributed by atoms with Gasteiger partial charge in [0.25, 0.3) is 0 Å². The van der Waals surface area contributed by atoms with E-state index in [9.17, 15) is 4.79 Å². The van der Waals surface area contributed by atoms with E-state index >= 15 is 0 Å². The average Bonchev–Trinajstić information content (AvgIpc) is 3.03. The molecule has 0 aliphatic heterocycles. The minimum absolute atomic E-state index is 0.335. The van der Waals surface area contributed by atoms with Crippen molar-refractivity contribution < 1.29 is 4.42 Å². The van der Waals surface area contributed by atoms with Crippen LogP contribution >= 0.6 is 11.3 Å². The molecule has 1 N–H and O–H groups in total. The van der Waals surface area contributed by atoms with E-state index in [0.717, 1.165) is 10.5 Å². The van der Waals surface area contributed by atoms with Gasteiger partial charge in [0.15, 0.2) is 5.13 Å². The molecule has 3 aromatic rings. The Balaban J connectivity index is 1.63. The average molecular weight is 326 g/mol. The lowest BCUT2D eigenvalue weighted by Crippen LogP contribution is -2.22. The lowest BCUT2D eigenvalue weighted by atomic mass is 9.96. The molecule has 0 unspecified atom stereocenters. The van der Waals surface area contributed by atoms with Gasteiger partial charge in [-0.2, -0.15) is 0 Å². The molecule has 5 heteroatoms. The summed E-state index contributed by atoms with van der Waals surface area (Å²) >= 11 is 1.55. The maximum atomic E-state index is 12.2.